The summed E-state index contributed by atoms with van der Waals surface area (Å²) in [6.45, 7) is 10.2. The third kappa shape index (κ3) is 5.56. The Hall–Kier alpha value is -4.05. The van der Waals surface area contributed by atoms with E-state index in [1.807, 2.05) is 49.3 Å². The number of hydrogen-bond acceptors (Lipinski definition) is 9. The lowest BCUT2D eigenvalue weighted by Gasteiger charge is -2.42. The van der Waals surface area contributed by atoms with Gasteiger partial charge in [-0.3, -0.25) is 4.79 Å². The second-order valence-corrected chi connectivity index (χ2v) is 10.4. The van der Waals surface area contributed by atoms with E-state index in [0.717, 1.165) is 53.0 Å². The summed E-state index contributed by atoms with van der Waals surface area (Å²) >= 11 is 0. The Labute approximate surface area is 228 Å². The molecular formula is C29H35N7O3. The van der Waals surface area contributed by atoms with Gasteiger partial charge in [0.2, 0.25) is 5.91 Å². The molecule has 2 aromatic carbocycles. The fourth-order valence-corrected chi connectivity index (χ4v) is 5.41. The summed E-state index contributed by atoms with van der Waals surface area (Å²) in [4.78, 5) is 41.9. The Morgan fingerprint density at radius 3 is 2.77 bits per heavy atom. The van der Waals surface area contributed by atoms with Crippen molar-refractivity contribution in [2.24, 2.45) is 5.18 Å². The molecule has 10 nitrogen and oxygen atoms in total. The van der Waals surface area contributed by atoms with Gasteiger partial charge in [-0.2, -0.15) is 9.97 Å². The lowest BCUT2D eigenvalue weighted by molar-refractivity contribution is -0.126. The van der Waals surface area contributed by atoms with E-state index in [2.05, 4.69) is 39.4 Å². The molecule has 3 aromatic rings. The second kappa shape index (κ2) is 11.4. The number of carbonyl (C=O) groups is 1. The molecule has 1 amide bonds. The fraction of sp³-hybridized carbons (Fsp3) is 0.414. The molecule has 0 N–H and O–H groups in total. The number of fused-ring (bicyclic) bond motifs is 2. The minimum absolute atomic E-state index is 0.0474. The molecule has 1 atom stereocenters. The van der Waals surface area contributed by atoms with E-state index in [1.54, 1.807) is 0 Å². The van der Waals surface area contributed by atoms with E-state index in [4.69, 9.17) is 14.7 Å². The highest BCUT2D eigenvalue weighted by Gasteiger charge is 2.32. The highest BCUT2D eigenvalue weighted by atomic mass is 16.5. The molecule has 1 aromatic heterocycles. The quantitative estimate of drug-likeness (QED) is 0.322. The summed E-state index contributed by atoms with van der Waals surface area (Å²) in [5.41, 5.74) is 3.40. The third-order valence-electron chi connectivity index (χ3n) is 7.45. The van der Waals surface area contributed by atoms with Gasteiger partial charge in [-0.05, 0) is 56.2 Å². The van der Waals surface area contributed by atoms with Crippen molar-refractivity contribution in [1.82, 2.24) is 19.8 Å². The first-order chi connectivity index (χ1) is 18.9. The first-order valence-electron chi connectivity index (χ1n) is 13.3. The van der Waals surface area contributed by atoms with Gasteiger partial charge in [-0.15, -0.1) is 4.91 Å². The maximum Gasteiger partial charge on any atom is 0.318 e. The van der Waals surface area contributed by atoms with Crippen LogP contribution in [0.4, 0.5) is 17.2 Å². The predicted octanol–water partition coefficient (Wildman–Crippen LogP) is 3.75. The van der Waals surface area contributed by atoms with Crippen LogP contribution in [0.5, 0.6) is 6.01 Å². The molecule has 3 heterocycles. The third-order valence-corrected chi connectivity index (χ3v) is 7.45. The number of piperazine rings is 1. The van der Waals surface area contributed by atoms with Crippen molar-refractivity contribution in [2.75, 3.05) is 63.2 Å². The van der Waals surface area contributed by atoms with Crippen LogP contribution in [0.2, 0.25) is 0 Å². The first-order valence-corrected chi connectivity index (χ1v) is 13.3. The second-order valence-electron chi connectivity index (χ2n) is 10.4. The van der Waals surface area contributed by atoms with Gasteiger partial charge in [0.15, 0.2) is 0 Å². The van der Waals surface area contributed by atoms with E-state index in [-0.39, 0.29) is 11.9 Å². The summed E-state index contributed by atoms with van der Waals surface area (Å²) in [7, 11) is 4.00. The van der Waals surface area contributed by atoms with Crippen LogP contribution in [-0.4, -0.2) is 85.1 Å². The summed E-state index contributed by atoms with van der Waals surface area (Å²) in [6.07, 6.45) is 2.12. The van der Waals surface area contributed by atoms with Gasteiger partial charge in [-0.25, -0.2) is 0 Å². The number of aromatic nitrogens is 2. The Bertz CT molecular complexity index is 1390. The molecule has 0 radical (unpaired) electrons. The molecule has 5 rings (SSSR count). The zero-order chi connectivity index (χ0) is 27.5. The zero-order valence-corrected chi connectivity index (χ0v) is 22.8. The Kier molecular flexibility index (Phi) is 7.74. The molecule has 0 saturated carbocycles. The van der Waals surface area contributed by atoms with Crippen LogP contribution in [0.3, 0.4) is 0 Å². The van der Waals surface area contributed by atoms with E-state index in [1.165, 1.54) is 6.08 Å². The number of anilines is 2. The number of benzene rings is 2. The number of nitroso groups, excluding NO2 is 1. The van der Waals surface area contributed by atoms with Crippen molar-refractivity contribution < 1.29 is 9.53 Å². The highest BCUT2D eigenvalue weighted by Crippen LogP contribution is 2.37. The van der Waals surface area contributed by atoms with Gasteiger partial charge in [-0.1, -0.05) is 30.8 Å². The summed E-state index contributed by atoms with van der Waals surface area (Å²) in [6, 6.07) is 12.2. The van der Waals surface area contributed by atoms with Crippen molar-refractivity contribution >= 4 is 33.9 Å². The number of rotatable bonds is 8. The SMILES string of the molecule is C=CC(=O)N1CCN(c2nc(OCCN(C)C)nc3c2CCN(c2cc(N=O)cc4ccccc24)C3)[C@@H](C)C1. The number of amides is 1. The Morgan fingerprint density at radius 1 is 1.21 bits per heavy atom. The molecule has 39 heavy (non-hydrogen) atoms. The molecule has 204 valence electrons. The van der Waals surface area contributed by atoms with E-state index >= 15 is 0 Å². The van der Waals surface area contributed by atoms with Crippen LogP contribution in [0.15, 0.2) is 54.2 Å². The van der Waals surface area contributed by atoms with Crippen molar-refractivity contribution in [1.29, 1.82) is 0 Å². The molecule has 0 unspecified atom stereocenters. The molecule has 1 saturated heterocycles. The molecule has 10 heteroatoms. The van der Waals surface area contributed by atoms with Crippen molar-refractivity contribution in [3.8, 4) is 6.01 Å². The minimum atomic E-state index is -0.0474. The average molecular weight is 530 g/mol. The number of carbonyl (C=O) groups excluding carboxylic acids is 1. The molecular weight excluding hydrogens is 494 g/mol. The maximum atomic E-state index is 12.2. The molecule has 0 bridgehead atoms. The van der Waals surface area contributed by atoms with Gasteiger partial charge in [0, 0.05) is 55.4 Å². The number of likely N-dealkylation sites (N-methyl/N-ethyl adjacent to an activating group) is 1. The van der Waals surface area contributed by atoms with E-state index in [9.17, 15) is 9.70 Å². The van der Waals surface area contributed by atoms with Crippen LogP contribution in [-0.2, 0) is 17.8 Å². The molecule has 0 spiro atoms. The largest absolute Gasteiger partial charge is 0.462 e. The fourth-order valence-electron chi connectivity index (χ4n) is 5.41. The number of nitrogens with zero attached hydrogens (tertiary/aromatic N) is 7. The lowest BCUT2D eigenvalue weighted by Crippen LogP contribution is -2.54. The Balaban J connectivity index is 1.50. The van der Waals surface area contributed by atoms with Crippen LogP contribution < -0.4 is 14.5 Å². The van der Waals surface area contributed by atoms with Crippen LogP contribution in [0, 0.1) is 4.91 Å². The monoisotopic (exact) mass is 529 g/mol. The van der Waals surface area contributed by atoms with Gasteiger partial charge < -0.3 is 24.3 Å². The highest BCUT2D eigenvalue weighted by molar-refractivity contribution is 5.97. The molecule has 2 aliphatic rings. The van der Waals surface area contributed by atoms with Gasteiger partial charge in [0.25, 0.3) is 0 Å². The predicted molar refractivity (Wildman–Crippen MR) is 154 cm³/mol. The summed E-state index contributed by atoms with van der Waals surface area (Å²) < 4.78 is 6.03. The van der Waals surface area contributed by atoms with E-state index < -0.39 is 0 Å². The Morgan fingerprint density at radius 2 is 2.03 bits per heavy atom. The normalized spacial score (nSPS) is 17.3. The zero-order valence-electron chi connectivity index (χ0n) is 22.8. The standard InChI is InChI=1S/C29H35N7O3/c1-5-27(37)35-12-13-36(20(2)18-35)28-24-10-11-34(19-25(24)30-29(31-28)39-15-14-33(3)4)26-17-22(32-38)16-21-8-6-7-9-23(21)26/h5-9,16-17,20H,1,10-15,18-19H2,2-4H3/t20-/m0/s1. The van der Waals surface area contributed by atoms with Crippen molar-refractivity contribution in [3.63, 3.8) is 0 Å². The molecule has 0 aliphatic carbocycles. The van der Waals surface area contributed by atoms with Gasteiger partial charge >= 0.3 is 6.01 Å². The summed E-state index contributed by atoms with van der Waals surface area (Å²) in [5, 5.41) is 5.27. The van der Waals surface area contributed by atoms with Crippen molar-refractivity contribution in [2.45, 2.75) is 25.9 Å². The topological polar surface area (TPSA) is 94.5 Å². The van der Waals surface area contributed by atoms with Crippen LogP contribution in [0.25, 0.3) is 10.8 Å². The smallest absolute Gasteiger partial charge is 0.318 e. The summed E-state index contributed by atoms with van der Waals surface area (Å²) in [5.74, 6) is 0.833. The van der Waals surface area contributed by atoms with Gasteiger partial charge in [0.05, 0.1) is 12.2 Å². The number of hydrogen-bond donors (Lipinski definition) is 0. The van der Waals surface area contributed by atoms with Gasteiger partial charge in [0.1, 0.15) is 18.1 Å². The average Bonchev–Trinajstić information content (AvgIpc) is 2.95. The lowest BCUT2D eigenvalue weighted by atomic mass is 10.0. The van der Waals surface area contributed by atoms with Crippen LogP contribution in [0.1, 0.15) is 18.2 Å². The van der Waals surface area contributed by atoms with Crippen molar-refractivity contribution in [3.05, 3.63) is 65.2 Å². The number of ether oxygens (including phenoxy) is 1. The molecule has 1 fully saturated rings. The van der Waals surface area contributed by atoms with Crippen LogP contribution >= 0.6 is 0 Å². The van der Waals surface area contributed by atoms with E-state index in [0.29, 0.717) is 44.5 Å². The first kappa shape index (κ1) is 26.6. The maximum absolute atomic E-state index is 12.2. The molecule has 2 aliphatic heterocycles. The minimum Gasteiger partial charge on any atom is -0.462 e.